The first-order valence-electron chi connectivity index (χ1n) is 7.20. The molecule has 0 spiro atoms. The second kappa shape index (κ2) is 5.84. The standard InChI is InChI=1S/C17H18N4/c1-14-7-8-15(13-18)17(19-14)21-11-9-20(10-12-21)16-5-3-2-4-6-16/h2-8H,9-12H2,1H3. The lowest BCUT2D eigenvalue weighted by Crippen LogP contribution is -2.47. The lowest BCUT2D eigenvalue weighted by molar-refractivity contribution is 0.646. The molecule has 1 fully saturated rings. The highest BCUT2D eigenvalue weighted by molar-refractivity contribution is 5.56. The Morgan fingerprint density at radius 3 is 2.29 bits per heavy atom. The zero-order valence-electron chi connectivity index (χ0n) is 12.2. The Morgan fingerprint density at radius 1 is 0.952 bits per heavy atom. The first kappa shape index (κ1) is 13.4. The van der Waals surface area contributed by atoms with Crippen LogP contribution in [0.3, 0.4) is 0 Å². The number of benzene rings is 1. The maximum absolute atomic E-state index is 9.24. The van der Waals surface area contributed by atoms with Crippen molar-refractivity contribution in [3.63, 3.8) is 0 Å². The van der Waals surface area contributed by atoms with Crippen molar-refractivity contribution in [3.8, 4) is 6.07 Å². The summed E-state index contributed by atoms with van der Waals surface area (Å²) < 4.78 is 0. The summed E-state index contributed by atoms with van der Waals surface area (Å²) in [7, 11) is 0. The van der Waals surface area contributed by atoms with Gasteiger partial charge in [-0.05, 0) is 31.2 Å². The highest BCUT2D eigenvalue weighted by Gasteiger charge is 2.20. The van der Waals surface area contributed by atoms with Crippen LogP contribution in [0.2, 0.25) is 0 Å². The minimum Gasteiger partial charge on any atom is -0.368 e. The van der Waals surface area contributed by atoms with Crippen LogP contribution in [0, 0.1) is 18.3 Å². The monoisotopic (exact) mass is 278 g/mol. The van der Waals surface area contributed by atoms with Crippen molar-refractivity contribution in [1.29, 1.82) is 5.26 Å². The number of rotatable bonds is 2. The van der Waals surface area contributed by atoms with E-state index in [0.29, 0.717) is 5.56 Å². The van der Waals surface area contributed by atoms with Crippen molar-refractivity contribution in [2.75, 3.05) is 36.0 Å². The van der Waals surface area contributed by atoms with E-state index in [4.69, 9.17) is 0 Å². The molecule has 2 heterocycles. The van der Waals surface area contributed by atoms with Crippen LogP contribution >= 0.6 is 0 Å². The summed E-state index contributed by atoms with van der Waals surface area (Å²) in [6.45, 7) is 5.64. The van der Waals surface area contributed by atoms with E-state index in [1.54, 1.807) is 0 Å². The predicted octanol–water partition coefficient (Wildman–Crippen LogP) is 2.59. The molecule has 1 aliphatic heterocycles. The van der Waals surface area contributed by atoms with Crippen molar-refractivity contribution in [2.45, 2.75) is 6.92 Å². The maximum atomic E-state index is 9.24. The molecule has 1 saturated heterocycles. The Kier molecular flexibility index (Phi) is 3.74. The van der Waals surface area contributed by atoms with E-state index in [0.717, 1.165) is 37.7 Å². The molecular formula is C17H18N4. The number of hydrogen-bond donors (Lipinski definition) is 0. The summed E-state index contributed by atoms with van der Waals surface area (Å²) in [4.78, 5) is 9.14. The summed E-state index contributed by atoms with van der Waals surface area (Å²) in [5, 5.41) is 9.24. The molecule has 4 nitrogen and oxygen atoms in total. The second-order valence-electron chi connectivity index (χ2n) is 5.25. The number of aryl methyl sites for hydroxylation is 1. The summed E-state index contributed by atoms with van der Waals surface area (Å²) >= 11 is 0. The first-order chi connectivity index (χ1) is 10.3. The fourth-order valence-electron chi connectivity index (χ4n) is 2.69. The molecule has 1 aliphatic rings. The number of nitriles is 1. The number of para-hydroxylation sites is 1. The predicted molar refractivity (Wildman–Crippen MR) is 84.6 cm³/mol. The van der Waals surface area contributed by atoms with Gasteiger partial charge < -0.3 is 9.80 Å². The number of piperazine rings is 1. The van der Waals surface area contributed by atoms with Crippen molar-refractivity contribution < 1.29 is 0 Å². The fraction of sp³-hybridized carbons (Fsp3) is 0.294. The van der Waals surface area contributed by atoms with Gasteiger partial charge >= 0.3 is 0 Å². The lowest BCUT2D eigenvalue weighted by Gasteiger charge is -2.37. The van der Waals surface area contributed by atoms with Gasteiger partial charge in [0.2, 0.25) is 0 Å². The van der Waals surface area contributed by atoms with Crippen LogP contribution in [-0.4, -0.2) is 31.2 Å². The molecule has 1 aromatic carbocycles. The van der Waals surface area contributed by atoms with Gasteiger partial charge in [-0.25, -0.2) is 4.98 Å². The van der Waals surface area contributed by atoms with Gasteiger partial charge in [0.05, 0.1) is 5.56 Å². The van der Waals surface area contributed by atoms with Gasteiger partial charge in [-0.3, -0.25) is 0 Å². The zero-order valence-corrected chi connectivity index (χ0v) is 12.2. The molecular weight excluding hydrogens is 260 g/mol. The molecule has 3 rings (SSSR count). The molecule has 0 saturated carbocycles. The number of aromatic nitrogens is 1. The van der Waals surface area contributed by atoms with Crippen LogP contribution in [-0.2, 0) is 0 Å². The summed E-state index contributed by atoms with van der Waals surface area (Å²) in [6.07, 6.45) is 0. The third kappa shape index (κ3) is 2.82. The molecule has 1 aromatic heterocycles. The Hall–Kier alpha value is -2.54. The Balaban J connectivity index is 1.75. The summed E-state index contributed by atoms with van der Waals surface area (Å²) in [5.41, 5.74) is 2.87. The molecule has 0 aliphatic carbocycles. The number of pyridine rings is 1. The van der Waals surface area contributed by atoms with Crippen molar-refractivity contribution in [1.82, 2.24) is 4.98 Å². The Labute approximate surface area is 125 Å². The molecule has 4 heteroatoms. The van der Waals surface area contributed by atoms with E-state index in [1.165, 1.54) is 5.69 Å². The molecule has 0 amide bonds. The number of hydrogen-bond acceptors (Lipinski definition) is 4. The smallest absolute Gasteiger partial charge is 0.146 e. The van der Waals surface area contributed by atoms with Crippen molar-refractivity contribution in [2.24, 2.45) is 0 Å². The highest BCUT2D eigenvalue weighted by atomic mass is 15.3. The highest BCUT2D eigenvalue weighted by Crippen LogP contribution is 2.22. The van der Waals surface area contributed by atoms with Gasteiger partial charge in [-0.1, -0.05) is 18.2 Å². The average Bonchev–Trinajstić information content (AvgIpc) is 2.56. The molecule has 0 bridgehead atoms. The molecule has 106 valence electrons. The van der Waals surface area contributed by atoms with Crippen LogP contribution in [0.15, 0.2) is 42.5 Å². The Morgan fingerprint density at radius 2 is 1.62 bits per heavy atom. The molecule has 0 unspecified atom stereocenters. The topological polar surface area (TPSA) is 43.2 Å². The van der Waals surface area contributed by atoms with Gasteiger partial charge in [-0.15, -0.1) is 0 Å². The maximum Gasteiger partial charge on any atom is 0.146 e. The van der Waals surface area contributed by atoms with Crippen LogP contribution < -0.4 is 9.80 Å². The van der Waals surface area contributed by atoms with E-state index in [9.17, 15) is 5.26 Å². The van der Waals surface area contributed by atoms with Crippen LogP contribution in [0.4, 0.5) is 11.5 Å². The van der Waals surface area contributed by atoms with Gasteiger partial charge in [0.15, 0.2) is 0 Å². The first-order valence-corrected chi connectivity index (χ1v) is 7.20. The van der Waals surface area contributed by atoms with Crippen LogP contribution in [0.1, 0.15) is 11.3 Å². The SMILES string of the molecule is Cc1ccc(C#N)c(N2CCN(c3ccccc3)CC2)n1. The molecule has 0 N–H and O–H groups in total. The molecule has 21 heavy (non-hydrogen) atoms. The van der Waals surface area contributed by atoms with E-state index >= 15 is 0 Å². The minimum atomic E-state index is 0.661. The second-order valence-corrected chi connectivity index (χ2v) is 5.25. The van der Waals surface area contributed by atoms with Crippen LogP contribution in [0.5, 0.6) is 0 Å². The zero-order chi connectivity index (χ0) is 14.7. The normalized spacial score (nSPS) is 14.9. The van der Waals surface area contributed by atoms with Gasteiger partial charge in [0.25, 0.3) is 0 Å². The minimum absolute atomic E-state index is 0.661. The largest absolute Gasteiger partial charge is 0.368 e. The van der Waals surface area contributed by atoms with E-state index in [1.807, 2.05) is 25.1 Å². The van der Waals surface area contributed by atoms with Crippen molar-refractivity contribution in [3.05, 3.63) is 53.7 Å². The van der Waals surface area contributed by atoms with Gasteiger partial charge in [-0.2, -0.15) is 5.26 Å². The number of anilines is 2. The van der Waals surface area contributed by atoms with Gasteiger partial charge in [0, 0.05) is 37.6 Å². The fourth-order valence-corrected chi connectivity index (χ4v) is 2.69. The lowest BCUT2D eigenvalue weighted by atomic mass is 10.2. The van der Waals surface area contributed by atoms with Gasteiger partial charge in [0.1, 0.15) is 11.9 Å². The molecule has 0 radical (unpaired) electrons. The Bertz CT molecular complexity index is 652. The van der Waals surface area contributed by atoms with E-state index in [2.05, 4.69) is 45.1 Å². The quantitative estimate of drug-likeness (QED) is 0.847. The van der Waals surface area contributed by atoms with E-state index < -0.39 is 0 Å². The van der Waals surface area contributed by atoms with Crippen molar-refractivity contribution >= 4 is 11.5 Å². The summed E-state index contributed by atoms with van der Waals surface area (Å²) in [6, 6.07) is 16.5. The molecule has 2 aromatic rings. The molecule has 0 atom stereocenters. The third-order valence-electron chi connectivity index (χ3n) is 3.84. The number of nitrogens with zero attached hydrogens (tertiary/aromatic N) is 4. The van der Waals surface area contributed by atoms with E-state index in [-0.39, 0.29) is 0 Å². The third-order valence-corrected chi connectivity index (χ3v) is 3.84. The average molecular weight is 278 g/mol. The van der Waals surface area contributed by atoms with Crippen LogP contribution in [0.25, 0.3) is 0 Å². The summed E-state index contributed by atoms with van der Waals surface area (Å²) in [5.74, 6) is 0.824.